The Morgan fingerprint density at radius 1 is 1.29 bits per heavy atom. The number of thioether (sulfide) groups is 1. The fourth-order valence-electron chi connectivity index (χ4n) is 3.54. The first-order valence-corrected chi connectivity index (χ1v) is 10.1. The van der Waals surface area contributed by atoms with Crippen molar-refractivity contribution >= 4 is 16.7 Å². The van der Waals surface area contributed by atoms with Gasteiger partial charge in [-0.15, -0.1) is 0 Å². The summed E-state index contributed by atoms with van der Waals surface area (Å²) < 4.78 is 0. The largest absolute Gasteiger partial charge is 0.308 e. The minimum absolute atomic E-state index is 0.118. The average Bonchev–Trinajstić information content (AvgIpc) is 3.10. The molecule has 0 radical (unpaired) electrons. The van der Waals surface area contributed by atoms with E-state index >= 15 is 0 Å². The highest BCUT2D eigenvalue weighted by Gasteiger charge is 2.18. The summed E-state index contributed by atoms with van der Waals surface area (Å²) in [6.07, 6.45) is 2.75. The van der Waals surface area contributed by atoms with E-state index in [0.717, 1.165) is 41.4 Å². The molecule has 0 atom stereocenters. The lowest BCUT2D eigenvalue weighted by Crippen LogP contribution is -2.31. The summed E-state index contributed by atoms with van der Waals surface area (Å²) in [5.41, 5.74) is 5.22. The van der Waals surface area contributed by atoms with E-state index in [4.69, 9.17) is 0 Å². The lowest BCUT2D eigenvalue weighted by atomic mass is 10.00. The molecule has 144 valence electrons. The number of aromatic amines is 2. The zero-order chi connectivity index (χ0) is 19.7. The van der Waals surface area contributed by atoms with Crippen molar-refractivity contribution < 1.29 is 0 Å². The van der Waals surface area contributed by atoms with Gasteiger partial charge in [-0.1, -0.05) is 42.6 Å². The molecule has 1 aromatic carbocycles. The Balaban J connectivity index is 1.49. The topological polar surface area (TPSA) is 77.7 Å². The summed E-state index contributed by atoms with van der Waals surface area (Å²) in [5.74, 6) is 0.705. The number of aromatic nitrogens is 4. The van der Waals surface area contributed by atoms with Gasteiger partial charge in [-0.3, -0.25) is 14.8 Å². The highest BCUT2D eigenvalue weighted by Crippen LogP contribution is 2.33. The number of benzene rings is 1. The van der Waals surface area contributed by atoms with Gasteiger partial charge in [0.1, 0.15) is 5.82 Å². The Morgan fingerprint density at radius 3 is 2.79 bits per heavy atom. The van der Waals surface area contributed by atoms with Crippen LogP contribution in [0, 0.1) is 13.8 Å². The second-order valence-electron chi connectivity index (χ2n) is 7.09. The number of hydrogen-bond donors (Lipinski definition) is 2. The lowest BCUT2D eigenvalue weighted by Gasteiger charge is -2.28. The van der Waals surface area contributed by atoms with Crippen LogP contribution in [0.15, 0.2) is 46.7 Å². The van der Waals surface area contributed by atoms with Crippen LogP contribution in [0.25, 0.3) is 4.91 Å². The van der Waals surface area contributed by atoms with Gasteiger partial charge in [0.15, 0.2) is 0 Å². The van der Waals surface area contributed by atoms with Crippen molar-refractivity contribution in [1.82, 2.24) is 25.1 Å². The zero-order valence-electron chi connectivity index (χ0n) is 16.1. The summed E-state index contributed by atoms with van der Waals surface area (Å²) in [7, 11) is 0. The Bertz CT molecular complexity index is 1080. The van der Waals surface area contributed by atoms with Crippen LogP contribution in [0.2, 0.25) is 0 Å². The van der Waals surface area contributed by atoms with Gasteiger partial charge in [0.25, 0.3) is 5.56 Å². The number of rotatable bonds is 5. The van der Waals surface area contributed by atoms with Gasteiger partial charge < -0.3 is 4.98 Å². The van der Waals surface area contributed by atoms with Crippen LogP contribution in [0.3, 0.4) is 0 Å². The molecule has 28 heavy (non-hydrogen) atoms. The maximum atomic E-state index is 12.7. The third-order valence-corrected chi connectivity index (χ3v) is 6.19. The SMILES string of the molecule is C=C(Sc1c(C)nc(CN2CCc3ccccc3C2)[nH]c1=O)c1cn[nH]c1C. The van der Waals surface area contributed by atoms with Crippen LogP contribution in [0.4, 0.5) is 0 Å². The first-order chi connectivity index (χ1) is 13.5. The standard InChI is InChI=1S/C21H23N5OS/c1-13-18(10-22-25-13)15(3)28-20-14(2)23-19(24-21(20)27)12-26-9-8-16-6-4-5-7-17(16)11-26/h4-7,10H,3,8-9,11-12H2,1-2H3,(H,22,25)(H,23,24,27). The molecule has 4 rings (SSSR count). The van der Waals surface area contributed by atoms with Gasteiger partial charge in [-0.25, -0.2) is 4.98 Å². The van der Waals surface area contributed by atoms with Gasteiger partial charge in [-0.2, -0.15) is 5.10 Å². The van der Waals surface area contributed by atoms with Crippen molar-refractivity contribution in [3.8, 4) is 0 Å². The van der Waals surface area contributed by atoms with Gasteiger partial charge in [-0.05, 0) is 31.4 Å². The number of fused-ring (bicyclic) bond motifs is 1. The van der Waals surface area contributed by atoms with Crippen molar-refractivity contribution in [2.24, 2.45) is 0 Å². The molecule has 1 aliphatic rings. The molecule has 0 bridgehead atoms. The van der Waals surface area contributed by atoms with Crippen molar-refractivity contribution in [1.29, 1.82) is 0 Å². The van der Waals surface area contributed by atoms with Gasteiger partial charge >= 0.3 is 0 Å². The van der Waals surface area contributed by atoms with E-state index in [2.05, 4.69) is 55.9 Å². The molecular weight excluding hydrogens is 370 g/mol. The fourth-order valence-corrected chi connectivity index (χ4v) is 4.44. The third-order valence-electron chi connectivity index (χ3n) is 5.03. The molecule has 0 spiro atoms. The van der Waals surface area contributed by atoms with E-state index in [9.17, 15) is 4.79 Å². The molecule has 2 N–H and O–H groups in total. The van der Waals surface area contributed by atoms with E-state index < -0.39 is 0 Å². The first-order valence-electron chi connectivity index (χ1n) is 9.27. The minimum Gasteiger partial charge on any atom is -0.308 e. The highest BCUT2D eigenvalue weighted by molar-refractivity contribution is 8.08. The molecule has 7 heteroatoms. The molecular formula is C21H23N5OS. The van der Waals surface area contributed by atoms with Crippen LogP contribution in [0.1, 0.15) is 33.9 Å². The lowest BCUT2D eigenvalue weighted by molar-refractivity contribution is 0.239. The minimum atomic E-state index is -0.118. The van der Waals surface area contributed by atoms with Crippen LogP contribution < -0.4 is 5.56 Å². The Kier molecular flexibility index (Phi) is 5.19. The van der Waals surface area contributed by atoms with Crippen LogP contribution >= 0.6 is 11.8 Å². The molecule has 0 saturated heterocycles. The third kappa shape index (κ3) is 3.81. The van der Waals surface area contributed by atoms with Gasteiger partial charge in [0, 0.05) is 29.3 Å². The Labute approximate surface area is 168 Å². The first kappa shape index (κ1) is 18.7. The molecule has 0 fully saturated rings. The van der Waals surface area contributed by atoms with Gasteiger partial charge in [0.2, 0.25) is 0 Å². The number of nitrogens with zero attached hydrogens (tertiary/aromatic N) is 3. The summed E-state index contributed by atoms with van der Waals surface area (Å²) in [5, 5.41) is 6.91. The summed E-state index contributed by atoms with van der Waals surface area (Å²) >= 11 is 1.34. The molecule has 0 aliphatic carbocycles. The van der Waals surface area contributed by atoms with Crippen LogP contribution in [0.5, 0.6) is 0 Å². The fraction of sp³-hybridized carbons (Fsp3) is 0.286. The monoisotopic (exact) mass is 393 g/mol. The van der Waals surface area contributed by atoms with E-state index in [1.54, 1.807) is 6.20 Å². The molecule has 3 aromatic rings. The molecule has 1 aliphatic heterocycles. The normalized spacial score (nSPS) is 14.1. The smallest absolute Gasteiger partial charge is 0.265 e. The zero-order valence-corrected chi connectivity index (χ0v) is 16.9. The predicted molar refractivity (Wildman–Crippen MR) is 112 cm³/mol. The summed E-state index contributed by atoms with van der Waals surface area (Å²) in [4.78, 5) is 24.0. The van der Waals surface area contributed by atoms with Crippen LogP contribution in [-0.2, 0) is 19.5 Å². The van der Waals surface area contributed by atoms with Crippen molar-refractivity contribution in [2.75, 3.05) is 6.54 Å². The maximum absolute atomic E-state index is 12.7. The second kappa shape index (κ2) is 7.77. The Hall–Kier alpha value is -2.64. The van der Waals surface area contributed by atoms with E-state index in [1.165, 1.54) is 22.9 Å². The quantitative estimate of drug-likeness (QED) is 0.650. The van der Waals surface area contributed by atoms with E-state index in [-0.39, 0.29) is 5.56 Å². The highest BCUT2D eigenvalue weighted by atomic mass is 32.2. The number of hydrogen-bond acceptors (Lipinski definition) is 5. The number of aryl methyl sites for hydroxylation is 2. The van der Waals surface area contributed by atoms with Crippen molar-refractivity contribution in [3.05, 3.63) is 81.3 Å². The molecule has 0 amide bonds. The summed E-state index contributed by atoms with van der Waals surface area (Å²) in [6.45, 7) is 10.4. The van der Waals surface area contributed by atoms with E-state index in [1.807, 2.05) is 13.8 Å². The van der Waals surface area contributed by atoms with Crippen molar-refractivity contribution in [2.45, 2.75) is 38.3 Å². The molecule has 0 unspecified atom stereocenters. The molecule has 3 heterocycles. The predicted octanol–water partition coefficient (Wildman–Crippen LogP) is 3.43. The summed E-state index contributed by atoms with van der Waals surface area (Å²) in [6, 6.07) is 8.53. The molecule has 6 nitrogen and oxygen atoms in total. The Morgan fingerprint density at radius 2 is 2.07 bits per heavy atom. The average molecular weight is 394 g/mol. The number of nitrogens with one attached hydrogen (secondary N) is 2. The van der Waals surface area contributed by atoms with Crippen LogP contribution in [-0.4, -0.2) is 31.6 Å². The maximum Gasteiger partial charge on any atom is 0.265 e. The number of H-pyrrole nitrogens is 2. The van der Waals surface area contributed by atoms with Gasteiger partial charge in [0.05, 0.1) is 23.3 Å². The second-order valence-corrected chi connectivity index (χ2v) is 8.20. The molecule has 2 aromatic heterocycles. The molecule has 0 saturated carbocycles. The van der Waals surface area contributed by atoms with Crippen molar-refractivity contribution in [3.63, 3.8) is 0 Å². The van der Waals surface area contributed by atoms with E-state index in [0.29, 0.717) is 17.3 Å².